The van der Waals surface area contributed by atoms with Crippen molar-refractivity contribution in [1.82, 2.24) is 10.1 Å². The van der Waals surface area contributed by atoms with Crippen LogP contribution >= 0.6 is 0 Å². The average Bonchev–Trinajstić information content (AvgIpc) is 3.07. The lowest BCUT2D eigenvalue weighted by Crippen LogP contribution is -2.43. The van der Waals surface area contributed by atoms with Gasteiger partial charge in [0.25, 0.3) is 0 Å². The summed E-state index contributed by atoms with van der Waals surface area (Å²) in [5, 5.41) is 15.5. The second kappa shape index (κ2) is 5.95. The largest absolute Gasteiger partial charge is 0.360 e. The normalized spacial score (nSPS) is 16.2. The van der Waals surface area contributed by atoms with Crippen LogP contribution in [0.1, 0.15) is 31.4 Å². The van der Waals surface area contributed by atoms with Gasteiger partial charge in [0.05, 0.1) is 12.6 Å². The van der Waals surface area contributed by atoms with Crippen LogP contribution in [0.25, 0.3) is 0 Å². The molecule has 0 bridgehead atoms. The molecule has 7 nitrogen and oxygen atoms in total. The molecule has 0 unspecified atom stereocenters. The molecule has 0 aliphatic heterocycles. The number of nitrogens with zero attached hydrogens (tertiary/aromatic N) is 3. The third-order valence-electron chi connectivity index (χ3n) is 3.70. The molecule has 1 saturated carbocycles. The summed E-state index contributed by atoms with van der Waals surface area (Å²) in [7, 11) is 1.54. The quantitative estimate of drug-likeness (QED) is 0.905. The topological polar surface area (TPSA) is 99.2 Å². The van der Waals surface area contributed by atoms with E-state index in [1.165, 1.54) is 11.9 Å². The number of amides is 2. The van der Waals surface area contributed by atoms with Crippen molar-refractivity contribution in [2.45, 2.75) is 32.6 Å². The van der Waals surface area contributed by atoms with E-state index in [9.17, 15) is 14.9 Å². The van der Waals surface area contributed by atoms with Gasteiger partial charge < -0.3 is 14.7 Å². The van der Waals surface area contributed by atoms with Crippen molar-refractivity contribution in [2.75, 3.05) is 18.9 Å². The predicted molar refractivity (Wildman–Crippen MR) is 74.0 cm³/mol. The summed E-state index contributed by atoms with van der Waals surface area (Å²) in [6.45, 7) is 1.60. The summed E-state index contributed by atoms with van der Waals surface area (Å²) in [5.41, 5.74) is -0.959. The Morgan fingerprint density at radius 3 is 2.71 bits per heavy atom. The van der Waals surface area contributed by atoms with Crippen LogP contribution in [0, 0.1) is 23.7 Å². The molecule has 1 aromatic rings. The van der Waals surface area contributed by atoms with Gasteiger partial charge in [0.2, 0.25) is 11.8 Å². The number of hydrogen-bond acceptors (Lipinski definition) is 5. The highest BCUT2D eigenvalue weighted by atomic mass is 16.5. The van der Waals surface area contributed by atoms with E-state index >= 15 is 0 Å². The number of likely N-dealkylation sites (N-methyl/N-ethyl adjacent to an activating group) is 1. The fourth-order valence-electron chi connectivity index (χ4n) is 2.61. The highest BCUT2D eigenvalue weighted by Gasteiger charge is 2.43. The maximum absolute atomic E-state index is 12.4. The fraction of sp³-hybridized carbons (Fsp3) is 0.571. The Hall–Kier alpha value is -2.36. The molecule has 1 heterocycles. The molecule has 1 N–H and O–H groups in total. The molecule has 0 atom stereocenters. The van der Waals surface area contributed by atoms with Gasteiger partial charge in [0.1, 0.15) is 11.2 Å². The molecule has 1 aliphatic rings. The number of aryl methyl sites for hydroxylation is 1. The second-order valence-corrected chi connectivity index (χ2v) is 5.43. The molecule has 112 valence electrons. The van der Waals surface area contributed by atoms with E-state index in [0.717, 1.165) is 12.8 Å². The van der Waals surface area contributed by atoms with Gasteiger partial charge in [-0.05, 0) is 19.8 Å². The molecule has 2 amide bonds. The molecular weight excluding hydrogens is 272 g/mol. The number of nitriles is 1. The number of aromatic nitrogens is 1. The van der Waals surface area contributed by atoms with E-state index in [1.807, 2.05) is 0 Å². The Kier molecular flexibility index (Phi) is 4.26. The summed E-state index contributed by atoms with van der Waals surface area (Å²) in [6, 6.07) is 3.72. The zero-order valence-corrected chi connectivity index (χ0v) is 12.2. The zero-order valence-electron chi connectivity index (χ0n) is 12.2. The lowest BCUT2D eigenvalue weighted by molar-refractivity contribution is -0.139. The first-order chi connectivity index (χ1) is 9.97. The fourth-order valence-corrected chi connectivity index (χ4v) is 2.61. The Labute approximate surface area is 122 Å². The van der Waals surface area contributed by atoms with Crippen molar-refractivity contribution in [3.8, 4) is 6.07 Å². The summed E-state index contributed by atoms with van der Waals surface area (Å²) >= 11 is 0. The van der Waals surface area contributed by atoms with Gasteiger partial charge in [-0.2, -0.15) is 5.26 Å². The second-order valence-electron chi connectivity index (χ2n) is 5.43. The number of anilines is 1. The summed E-state index contributed by atoms with van der Waals surface area (Å²) in [6.07, 6.45) is 2.88. The minimum absolute atomic E-state index is 0.117. The van der Waals surface area contributed by atoms with Crippen LogP contribution in [0.5, 0.6) is 0 Å². The Balaban J connectivity index is 1.94. The van der Waals surface area contributed by atoms with Crippen LogP contribution in [0.3, 0.4) is 0 Å². The van der Waals surface area contributed by atoms with E-state index in [0.29, 0.717) is 24.4 Å². The minimum Gasteiger partial charge on any atom is -0.360 e. The molecule has 0 aromatic carbocycles. The number of carbonyl (C=O) groups excluding carboxylic acids is 2. The summed E-state index contributed by atoms with van der Waals surface area (Å²) in [5.74, 6) is 0.248. The minimum atomic E-state index is -0.959. The van der Waals surface area contributed by atoms with Crippen LogP contribution in [-0.2, 0) is 9.59 Å². The van der Waals surface area contributed by atoms with Crippen molar-refractivity contribution < 1.29 is 14.1 Å². The maximum atomic E-state index is 12.4. The number of nitrogens with one attached hydrogen (secondary N) is 1. The first-order valence-corrected chi connectivity index (χ1v) is 6.87. The highest BCUT2D eigenvalue weighted by molar-refractivity contribution is 5.95. The van der Waals surface area contributed by atoms with Gasteiger partial charge in [0.15, 0.2) is 5.82 Å². The van der Waals surface area contributed by atoms with Crippen molar-refractivity contribution in [2.24, 2.45) is 5.41 Å². The molecule has 21 heavy (non-hydrogen) atoms. The molecule has 0 saturated heterocycles. The third kappa shape index (κ3) is 3.21. The highest BCUT2D eigenvalue weighted by Crippen LogP contribution is 2.38. The Bertz CT molecular complexity index is 581. The van der Waals surface area contributed by atoms with Gasteiger partial charge in [-0.1, -0.05) is 18.0 Å². The Morgan fingerprint density at radius 2 is 2.19 bits per heavy atom. The van der Waals surface area contributed by atoms with E-state index in [-0.39, 0.29) is 18.4 Å². The number of hydrogen-bond donors (Lipinski definition) is 1. The molecule has 1 aromatic heterocycles. The van der Waals surface area contributed by atoms with Crippen LogP contribution in [-0.4, -0.2) is 35.5 Å². The van der Waals surface area contributed by atoms with E-state index in [2.05, 4.69) is 16.5 Å². The van der Waals surface area contributed by atoms with Crippen molar-refractivity contribution in [1.29, 1.82) is 5.26 Å². The number of rotatable bonds is 4. The van der Waals surface area contributed by atoms with Gasteiger partial charge in [-0.25, -0.2) is 0 Å². The monoisotopic (exact) mass is 290 g/mol. The van der Waals surface area contributed by atoms with Crippen molar-refractivity contribution in [3.05, 3.63) is 11.8 Å². The van der Waals surface area contributed by atoms with Crippen molar-refractivity contribution in [3.63, 3.8) is 0 Å². The molecule has 7 heteroatoms. The van der Waals surface area contributed by atoms with E-state index in [1.54, 1.807) is 13.0 Å². The molecule has 0 spiro atoms. The van der Waals surface area contributed by atoms with Crippen molar-refractivity contribution >= 4 is 17.6 Å². The first kappa shape index (κ1) is 15.0. The predicted octanol–water partition coefficient (Wildman–Crippen LogP) is 1.46. The standard InChI is InChI=1S/C14H18N4O3/c1-10-7-11(17-21-10)16-12(19)8-18(2)13(20)14(9-15)5-3-4-6-14/h7H,3-6,8H2,1-2H3,(H,16,17,19). The SMILES string of the molecule is Cc1cc(NC(=O)CN(C)C(=O)C2(C#N)CCCC2)no1. The summed E-state index contributed by atoms with van der Waals surface area (Å²) < 4.78 is 4.84. The summed E-state index contributed by atoms with van der Waals surface area (Å²) in [4.78, 5) is 25.6. The average molecular weight is 290 g/mol. The molecule has 1 aliphatic carbocycles. The van der Waals surface area contributed by atoms with Crippen LogP contribution in [0.4, 0.5) is 5.82 Å². The van der Waals surface area contributed by atoms with E-state index < -0.39 is 5.41 Å². The zero-order chi connectivity index (χ0) is 15.5. The maximum Gasteiger partial charge on any atom is 0.245 e. The lowest BCUT2D eigenvalue weighted by Gasteiger charge is -2.25. The van der Waals surface area contributed by atoms with Gasteiger partial charge in [0, 0.05) is 13.1 Å². The molecule has 0 radical (unpaired) electrons. The van der Waals surface area contributed by atoms with E-state index in [4.69, 9.17) is 4.52 Å². The van der Waals surface area contributed by atoms with Gasteiger partial charge in [-0.15, -0.1) is 0 Å². The van der Waals surface area contributed by atoms with Gasteiger partial charge in [-0.3, -0.25) is 9.59 Å². The third-order valence-corrected chi connectivity index (χ3v) is 3.70. The molecule has 1 fully saturated rings. The smallest absolute Gasteiger partial charge is 0.245 e. The van der Waals surface area contributed by atoms with Crippen LogP contribution in [0.2, 0.25) is 0 Å². The number of carbonyl (C=O) groups is 2. The Morgan fingerprint density at radius 1 is 1.52 bits per heavy atom. The molecular formula is C14H18N4O3. The van der Waals surface area contributed by atoms with Gasteiger partial charge >= 0.3 is 0 Å². The van der Waals surface area contributed by atoms with Crippen LogP contribution in [0.15, 0.2) is 10.6 Å². The van der Waals surface area contributed by atoms with Crippen LogP contribution < -0.4 is 5.32 Å². The lowest BCUT2D eigenvalue weighted by atomic mass is 9.86. The molecule has 2 rings (SSSR count). The first-order valence-electron chi connectivity index (χ1n) is 6.87.